The molecule has 1 aliphatic carbocycles. The Morgan fingerprint density at radius 1 is 1.10 bits per heavy atom. The van der Waals surface area contributed by atoms with Crippen LogP contribution in [0.2, 0.25) is 5.02 Å². The Balaban J connectivity index is 1.57. The van der Waals surface area contributed by atoms with Gasteiger partial charge in [-0.3, -0.25) is 4.79 Å². The molecule has 2 aliphatic rings. The van der Waals surface area contributed by atoms with E-state index in [1.54, 1.807) is 0 Å². The van der Waals surface area contributed by atoms with E-state index in [2.05, 4.69) is 0 Å². The van der Waals surface area contributed by atoms with Crippen LogP contribution in [0, 0.1) is 5.92 Å². The summed E-state index contributed by atoms with van der Waals surface area (Å²) in [4.78, 5) is 14.4. The molecule has 4 rings (SSSR count). The minimum absolute atomic E-state index is 0.0272. The van der Waals surface area contributed by atoms with Crippen molar-refractivity contribution >= 4 is 27.5 Å². The number of likely N-dealkylation sites (tertiary alicyclic amines) is 1. The van der Waals surface area contributed by atoms with Gasteiger partial charge in [-0.25, -0.2) is 8.42 Å². The smallest absolute Gasteiger partial charge is 0.298 e. The van der Waals surface area contributed by atoms with Crippen LogP contribution in [-0.4, -0.2) is 58.1 Å². The molecule has 40 heavy (non-hydrogen) atoms. The Morgan fingerprint density at radius 2 is 1.75 bits per heavy atom. The lowest BCUT2D eigenvalue weighted by Gasteiger charge is -2.35. The number of rotatable bonds is 10. The van der Waals surface area contributed by atoms with Crippen molar-refractivity contribution in [2.45, 2.75) is 67.8 Å². The quantitative estimate of drug-likeness (QED) is 0.410. The average molecular weight is 600 g/mol. The van der Waals surface area contributed by atoms with E-state index in [4.69, 9.17) is 26.8 Å². The maximum atomic E-state index is 16.0. The molecule has 0 bridgehead atoms. The monoisotopic (exact) mass is 599 g/mol. The Morgan fingerprint density at radius 3 is 2.38 bits per heavy atom. The van der Waals surface area contributed by atoms with Gasteiger partial charge >= 0.3 is 0 Å². The second-order valence-electron chi connectivity index (χ2n) is 10.5. The molecule has 2 fully saturated rings. The number of hydrogen-bond donors (Lipinski definition) is 2. The number of amides is 1. The summed E-state index contributed by atoms with van der Waals surface area (Å²) in [5.41, 5.74) is 5.30. The molecule has 1 atom stereocenters. The van der Waals surface area contributed by atoms with E-state index in [0.717, 1.165) is 25.0 Å². The number of benzene rings is 2. The number of nitrogens with two attached hydrogens (primary N) is 1. The summed E-state index contributed by atoms with van der Waals surface area (Å²) in [6, 6.07) is 6.23. The number of methoxy groups -OCH3 is 1. The molecule has 8 nitrogen and oxygen atoms in total. The maximum Gasteiger partial charge on any atom is 0.298 e. The molecule has 0 unspecified atom stereocenters. The summed E-state index contributed by atoms with van der Waals surface area (Å²) in [6.45, 7) is 0.827. The number of alkyl halides is 2. The average Bonchev–Trinajstić information content (AvgIpc) is 2.95. The zero-order valence-electron chi connectivity index (χ0n) is 22.5. The zero-order valence-corrected chi connectivity index (χ0v) is 24.0. The number of piperidine rings is 1. The largest absolute Gasteiger partial charge is 0.495 e. The summed E-state index contributed by atoms with van der Waals surface area (Å²) in [7, 11) is -3.26. The van der Waals surface area contributed by atoms with E-state index in [1.165, 1.54) is 61.6 Å². The van der Waals surface area contributed by atoms with Crippen molar-refractivity contribution < 1.29 is 31.5 Å². The van der Waals surface area contributed by atoms with Crippen LogP contribution in [0.1, 0.15) is 50.5 Å². The van der Waals surface area contributed by atoms with Crippen molar-refractivity contribution in [3.8, 4) is 11.5 Å². The van der Waals surface area contributed by atoms with Crippen LogP contribution in [0.25, 0.3) is 0 Å². The molecule has 1 saturated carbocycles. The Labute approximate surface area is 239 Å². The highest BCUT2D eigenvalue weighted by Crippen LogP contribution is 2.38. The van der Waals surface area contributed by atoms with E-state index in [-0.39, 0.29) is 34.8 Å². The number of sulfonamides is 1. The van der Waals surface area contributed by atoms with Gasteiger partial charge in [-0.15, -0.1) is 0 Å². The maximum absolute atomic E-state index is 16.0. The van der Waals surface area contributed by atoms with E-state index in [9.17, 15) is 13.2 Å². The van der Waals surface area contributed by atoms with Gasteiger partial charge in [0.2, 0.25) is 15.9 Å². The topological polar surface area (TPSA) is 111 Å². The minimum Gasteiger partial charge on any atom is -0.495 e. The highest BCUT2D eigenvalue weighted by Gasteiger charge is 2.50. The number of nitrogens with zero attached hydrogens (tertiary/aromatic N) is 1. The van der Waals surface area contributed by atoms with Gasteiger partial charge in [0.25, 0.3) is 5.92 Å². The predicted octanol–water partition coefficient (Wildman–Crippen LogP) is 4.70. The highest BCUT2D eigenvalue weighted by molar-refractivity contribution is 7.89. The third kappa shape index (κ3) is 7.23. The van der Waals surface area contributed by atoms with Crippen molar-refractivity contribution in [2.24, 2.45) is 11.7 Å². The predicted molar refractivity (Wildman–Crippen MR) is 148 cm³/mol. The van der Waals surface area contributed by atoms with Gasteiger partial charge in [-0.1, -0.05) is 36.9 Å². The van der Waals surface area contributed by atoms with Crippen LogP contribution >= 0.6 is 11.6 Å². The molecule has 0 radical (unpaired) electrons. The SMILES string of the molecule is COc1cc(C(F)(F)[C@H](NS(=O)(=O)c2ccc(OCC3CCCCC3)cc2)C(=O)N2CCC(N)CC2)ccc1Cl. The number of halogens is 3. The van der Waals surface area contributed by atoms with Crippen LogP contribution in [0.5, 0.6) is 11.5 Å². The molecular formula is C28H36ClF2N3O5S. The first kappa shape index (κ1) is 30.5. The van der Waals surface area contributed by atoms with Crippen LogP contribution in [-0.2, 0) is 20.7 Å². The second kappa shape index (κ2) is 13.0. The first-order chi connectivity index (χ1) is 19.0. The van der Waals surface area contributed by atoms with Crippen LogP contribution in [0.4, 0.5) is 8.78 Å². The van der Waals surface area contributed by atoms with Gasteiger partial charge in [-0.05, 0) is 68.0 Å². The number of hydrogen-bond acceptors (Lipinski definition) is 6. The molecule has 0 spiro atoms. The molecule has 0 aromatic heterocycles. The Bertz CT molecular complexity index is 1270. The van der Waals surface area contributed by atoms with Gasteiger partial charge in [0.1, 0.15) is 11.5 Å². The van der Waals surface area contributed by atoms with Gasteiger partial charge in [0.05, 0.1) is 23.6 Å². The van der Waals surface area contributed by atoms with Gasteiger partial charge in [0.15, 0.2) is 6.04 Å². The molecule has 2 aromatic rings. The first-order valence-corrected chi connectivity index (χ1v) is 15.4. The van der Waals surface area contributed by atoms with Gasteiger partial charge in [-0.2, -0.15) is 13.5 Å². The zero-order chi connectivity index (χ0) is 28.9. The summed E-state index contributed by atoms with van der Waals surface area (Å²) in [6.07, 6.45) is 6.63. The molecule has 1 aliphatic heterocycles. The van der Waals surface area contributed by atoms with E-state index in [0.29, 0.717) is 31.1 Å². The van der Waals surface area contributed by atoms with Gasteiger partial charge in [0, 0.05) is 24.7 Å². The summed E-state index contributed by atoms with van der Waals surface area (Å²) in [5.74, 6) is -4.06. The molecular weight excluding hydrogens is 564 g/mol. The minimum atomic E-state index is -4.54. The number of nitrogens with one attached hydrogen (secondary N) is 1. The summed E-state index contributed by atoms with van der Waals surface area (Å²) < 4.78 is 71.6. The molecule has 1 heterocycles. The van der Waals surface area contributed by atoms with Crippen molar-refractivity contribution in [3.05, 3.63) is 53.1 Å². The first-order valence-electron chi connectivity index (χ1n) is 13.5. The fraction of sp³-hybridized carbons (Fsp3) is 0.536. The van der Waals surface area contributed by atoms with Crippen LogP contribution < -0.4 is 19.9 Å². The van der Waals surface area contributed by atoms with Gasteiger partial charge < -0.3 is 20.1 Å². The highest BCUT2D eigenvalue weighted by atomic mass is 35.5. The van der Waals surface area contributed by atoms with Crippen molar-refractivity contribution in [1.82, 2.24) is 9.62 Å². The summed E-state index contributed by atoms with van der Waals surface area (Å²) >= 11 is 6.01. The fourth-order valence-corrected chi connectivity index (χ4v) is 6.51. The van der Waals surface area contributed by atoms with Crippen molar-refractivity contribution in [2.75, 3.05) is 26.8 Å². The Kier molecular flexibility index (Phi) is 9.92. The third-order valence-electron chi connectivity index (χ3n) is 7.61. The lowest BCUT2D eigenvalue weighted by molar-refractivity contribution is -0.145. The summed E-state index contributed by atoms with van der Waals surface area (Å²) in [5, 5.41) is 0.0984. The molecule has 1 amide bonds. The normalized spacial score (nSPS) is 18.4. The molecule has 2 aromatic carbocycles. The van der Waals surface area contributed by atoms with Crippen LogP contribution in [0.15, 0.2) is 47.4 Å². The lowest BCUT2D eigenvalue weighted by Crippen LogP contribution is -2.58. The van der Waals surface area contributed by atoms with Crippen LogP contribution in [0.3, 0.4) is 0 Å². The molecule has 12 heteroatoms. The number of carbonyl (C=O) groups excluding carboxylic acids is 1. The lowest BCUT2D eigenvalue weighted by atomic mass is 9.90. The van der Waals surface area contributed by atoms with E-state index in [1.807, 2.05) is 4.72 Å². The Hall–Kier alpha value is -2.47. The molecule has 3 N–H and O–H groups in total. The molecule has 1 saturated heterocycles. The van der Waals surface area contributed by atoms with E-state index >= 15 is 8.78 Å². The molecule has 220 valence electrons. The number of carbonyl (C=O) groups is 1. The van der Waals surface area contributed by atoms with Crippen molar-refractivity contribution in [1.29, 1.82) is 0 Å². The number of ether oxygens (including phenoxy) is 2. The van der Waals surface area contributed by atoms with Crippen molar-refractivity contribution in [3.63, 3.8) is 0 Å². The second-order valence-corrected chi connectivity index (χ2v) is 12.6. The fourth-order valence-electron chi connectivity index (χ4n) is 5.12. The van der Waals surface area contributed by atoms with E-state index < -0.39 is 33.5 Å². The third-order valence-corrected chi connectivity index (χ3v) is 9.37. The standard InChI is InChI=1S/C28H36ClF2N3O5S/c1-38-25-17-20(7-12-24(25)29)28(30,31)26(27(35)34-15-13-21(32)14-16-34)33-40(36,37)23-10-8-22(9-11-23)39-18-19-5-3-2-4-6-19/h7-12,17,19,21,26,33H,2-6,13-16,18,32H2,1H3/t26-/m1/s1.